The van der Waals surface area contributed by atoms with E-state index in [1.54, 1.807) is 12.4 Å². The summed E-state index contributed by atoms with van der Waals surface area (Å²) in [7, 11) is 0. The fraction of sp³-hybridized carbons (Fsp3) is 0.667. The fourth-order valence-corrected chi connectivity index (χ4v) is 1.94. The van der Waals surface area contributed by atoms with Crippen LogP contribution in [0.1, 0.15) is 0 Å². The van der Waals surface area contributed by atoms with Gasteiger partial charge in [-0.25, -0.2) is 4.57 Å². The molecule has 0 aliphatic rings. The Morgan fingerprint density at radius 3 is 2.64 bits per heavy atom. The molecule has 0 aromatic heterocycles. The first kappa shape index (κ1) is 13.8. The summed E-state index contributed by atoms with van der Waals surface area (Å²) in [4.78, 5) is 24.7. The Morgan fingerprint density at radius 2 is 2.07 bits per heavy atom. The molecule has 0 saturated carbocycles. The van der Waals surface area contributed by atoms with E-state index in [1.165, 1.54) is 0 Å². The highest BCUT2D eigenvalue weighted by molar-refractivity contribution is 8.54. The number of nitrogens with zero attached hydrogens (tertiary/aromatic N) is 2. The lowest BCUT2D eigenvalue weighted by Crippen LogP contribution is -2.00. The number of nitrogens with two attached hydrogens (primary N) is 1. The van der Waals surface area contributed by atoms with E-state index in [1.807, 2.05) is 0 Å². The summed E-state index contributed by atoms with van der Waals surface area (Å²) in [5.74, 6) is 0.307. The lowest BCUT2D eigenvalue weighted by molar-refractivity contribution is 0.397. The predicted octanol–water partition coefficient (Wildman–Crippen LogP) is -0.0874. The molecule has 0 unspecified atom stereocenters. The smallest absolute Gasteiger partial charge is 0.326 e. The van der Waals surface area contributed by atoms with Gasteiger partial charge in [-0.15, -0.1) is 0 Å². The van der Waals surface area contributed by atoms with Crippen LogP contribution in [-0.2, 0) is 4.57 Å². The molecule has 0 atom stereocenters. The van der Waals surface area contributed by atoms with Gasteiger partial charge >= 0.3 is 6.80 Å². The maximum absolute atomic E-state index is 10.4. The van der Waals surface area contributed by atoms with Crippen molar-refractivity contribution in [2.24, 2.45) is 15.7 Å². The highest BCUT2D eigenvalue weighted by atomic mass is 32.7. The molecule has 0 radical (unpaired) electrons. The molecule has 0 spiro atoms. The van der Waals surface area contributed by atoms with Gasteiger partial charge in [0.15, 0.2) is 0 Å². The SMILES string of the molecule is NCC=NCC=NCCSP(=O)(O)O. The van der Waals surface area contributed by atoms with E-state index in [2.05, 4.69) is 9.98 Å². The minimum Gasteiger partial charge on any atom is -0.326 e. The van der Waals surface area contributed by atoms with Gasteiger partial charge in [0, 0.05) is 31.3 Å². The Bertz CT molecular complexity index is 240. The highest BCUT2D eigenvalue weighted by Gasteiger charge is 2.11. The predicted molar refractivity (Wildman–Crippen MR) is 60.3 cm³/mol. The summed E-state index contributed by atoms with van der Waals surface area (Å²) in [6, 6.07) is 0. The van der Waals surface area contributed by atoms with Gasteiger partial charge in [0.05, 0.1) is 6.54 Å². The molecule has 0 bridgehead atoms. The van der Waals surface area contributed by atoms with Crippen LogP contribution in [0, 0.1) is 0 Å². The van der Waals surface area contributed by atoms with Crippen LogP contribution < -0.4 is 5.73 Å². The molecule has 6 nitrogen and oxygen atoms in total. The van der Waals surface area contributed by atoms with E-state index in [0.29, 0.717) is 36.8 Å². The minimum absolute atomic E-state index is 0.307. The van der Waals surface area contributed by atoms with Gasteiger partial charge in [-0.1, -0.05) is 0 Å². The monoisotopic (exact) mass is 239 g/mol. The van der Waals surface area contributed by atoms with Crippen LogP contribution in [-0.4, -0.2) is 47.6 Å². The zero-order valence-corrected chi connectivity index (χ0v) is 9.32. The summed E-state index contributed by atoms with van der Waals surface area (Å²) < 4.78 is 10.4. The number of aliphatic imine (C=N–C) groups is 2. The average molecular weight is 239 g/mol. The third kappa shape index (κ3) is 11.8. The number of rotatable bonds is 7. The van der Waals surface area contributed by atoms with Crippen molar-refractivity contribution in [2.75, 3.05) is 25.4 Å². The van der Waals surface area contributed by atoms with E-state index in [-0.39, 0.29) is 0 Å². The van der Waals surface area contributed by atoms with E-state index < -0.39 is 6.80 Å². The molecule has 0 aromatic carbocycles. The lowest BCUT2D eigenvalue weighted by atomic mass is 10.6. The number of hydrogen-bond donors (Lipinski definition) is 3. The van der Waals surface area contributed by atoms with Crippen molar-refractivity contribution in [2.45, 2.75) is 0 Å². The molecule has 0 aromatic rings. The third-order valence-corrected chi connectivity index (χ3v) is 3.29. The van der Waals surface area contributed by atoms with Crippen LogP contribution in [0.3, 0.4) is 0 Å². The van der Waals surface area contributed by atoms with Gasteiger partial charge in [-0.05, 0) is 11.4 Å². The molecule has 0 fully saturated rings. The summed E-state index contributed by atoms with van der Waals surface area (Å²) in [5.41, 5.74) is 5.16. The second kappa shape index (κ2) is 8.14. The Labute approximate surface area is 86.6 Å². The van der Waals surface area contributed by atoms with Gasteiger partial charge in [-0.2, -0.15) is 0 Å². The van der Waals surface area contributed by atoms with Crippen LogP contribution in [0.4, 0.5) is 0 Å². The first-order valence-electron chi connectivity index (χ1n) is 3.93. The molecule has 82 valence electrons. The average Bonchev–Trinajstić information content (AvgIpc) is 2.08. The van der Waals surface area contributed by atoms with Crippen molar-refractivity contribution in [3.05, 3.63) is 0 Å². The molecular weight excluding hydrogens is 225 g/mol. The molecule has 14 heavy (non-hydrogen) atoms. The van der Waals surface area contributed by atoms with Crippen LogP contribution >= 0.6 is 18.2 Å². The van der Waals surface area contributed by atoms with Crippen LogP contribution in [0.5, 0.6) is 0 Å². The molecule has 0 aliphatic heterocycles. The first-order valence-corrected chi connectivity index (χ1v) is 7.13. The van der Waals surface area contributed by atoms with Crippen molar-refractivity contribution >= 4 is 30.6 Å². The molecule has 8 heteroatoms. The Balaban J connectivity index is 3.36. The number of hydrogen-bond acceptors (Lipinski definition) is 5. The van der Waals surface area contributed by atoms with Crippen molar-refractivity contribution in [1.82, 2.24) is 0 Å². The van der Waals surface area contributed by atoms with Gasteiger partial charge in [0.2, 0.25) is 0 Å². The van der Waals surface area contributed by atoms with Crippen molar-refractivity contribution < 1.29 is 14.4 Å². The minimum atomic E-state index is -3.94. The lowest BCUT2D eigenvalue weighted by Gasteiger charge is -1.99. The maximum atomic E-state index is 10.4. The standard InChI is InChI=1S/C6H14N3O3PS/c7-1-2-8-3-4-9-5-6-14-13(10,11)12/h2,4H,1,3,5-7H2,(H2,10,11,12). The maximum Gasteiger partial charge on any atom is 0.384 e. The van der Waals surface area contributed by atoms with Crippen LogP contribution in [0.25, 0.3) is 0 Å². The summed E-state index contributed by atoms with van der Waals surface area (Å²) in [6.07, 6.45) is 3.17. The molecule has 0 amide bonds. The quantitative estimate of drug-likeness (QED) is 0.327. The van der Waals surface area contributed by atoms with E-state index in [9.17, 15) is 4.57 Å². The summed E-state index contributed by atoms with van der Waals surface area (Å²) in [5, 5.41) is 0. The molecule has 0 rings (SSSR count). The van der Waals surface area contributed by atoms with Crippen molar-refractivity contribution in [1.29, 1.82) is 0 Å². The fourth-order valence-electron chi connectivity index (χ4n) is 0.558. The van der Waals surface area contributed by atoms with Gasteiger partial charge in [-0.3, -0.25) is 9.98 Å². The van der Waals surface area contributed by atoms with Crippen LogP contribution in [0.2, 0.25) is 0 Å². The van der Waals surface area contributed by atoms with E-state index in [4.69, 9.17) is 15.5 Å². The molecule has 4 N–H and O–H groups in total. The third-order valence-electron chi connectivity index (χ3n) is 1.03. The molecule has 0 saturated heterocycles. The molecule has 0 heterocycles. The normalized spacial score (nSPS) is 13.1. The molecular formula is C6H14N3O3PS. The van der Waals surface area contributed by atoms with Crippen LogP contribution in [0.15, 0.2) is 9.98 Å². The van der Waals surface area contributed by atoms with E-state index in [0.717, 1.165) is 0 Å². The summed E-state index contributed by atoms with van der Waals surface area (Å²) >= 11 is 0.596. The second-order valence-corrected chi connectivity index (χ2v) is 6.05. The molecule has 0 aliphatic carbocycles. The zero-order chi connectivity index (χ0) is 10.9. The van der Waals surface area contributed by atoms with Crippen molar-refractivity contribution in [3.8, 4) is 0 Å². The summed E-state index contributed by atoms with van der Waals surface area (Å²) in [6.45, 7) is -2.69. The Kier molecular flexibility index (Phi) is 8.02. The van der Waals surface area contributed by atoms with Gasteiger partial charge in [0.25, 0.3) is 0 Å². The van der Waals surface area contributed by atoms with Gasteiger partial charge in [0.1, 0.15) is 0 Å². The zero-order valence-electron chi connectivity index (χ0n) is 7.61. The Morgan fingerprint density at radius 1 is 1.36 bits per heavy atom. The Hall–Kier alpha value is -0.200. The largest absolute Gasteiger partial charge is 0.384 e. The second-order valence-electron chi connectivity index (χ2n) is 2.20. The topological polar surface area (TPSA) is 108 Å². The van der Waals surface area contributed by atoms with Crippen molar-refractivity contribution in [3.63, 3.8) is 0 Å². The van der Waals surface area contributed by atoms with Gasteiger partial charge < -0.3 is 15.5 Å². The first-order chi connectivity index (χ1) is 6.56. The van der Waals surface area contributed by atoms with E-state index >= 15 is 0 Å². The highest BCUT2D eigenvalue weighted by Crippen LogP contribution is 2.49.